The molecule has 2 amide bonds. The molecule has 0 aromatic heterocycles. The van der Waals surface area contributed by atoms with E-state index in [1.807, 2.05) is 0 Å². The molecule has 0 spiro atoms. The van der Waals surface area contributed by atoms with Crippen LogP contribution in [0.3, 0.4) is 0 Å². The Morgan fingerprint density at radius 2 is 1.17 bits per heavy atom. The number of carbonyl (C=O) groups is 4. The molecule has 0 aliphatic heterocycles. The summed E-state index contributed by atoms with van der Waals surface area (Å²) in [6, 6.07) is 16.6. The summed E-state index contributed by atoms with van der Waals surface area (Å²) < 4.78 is 0. The second-order valence-corrected chi connectivity index (χ2v) is 6.32. The van der Waals surface area contributed by atoms with Crippen LogP contribution in [-0.4, -0.2) is 34.0 Å². The molecule has 0 fully saturated rings. The van der Waals surface area contributed by atoms with Crippen molar-refractivity contribution in [3.63, 3.8) is 0 Å². The maximum atomic E-state index is 12.7. The van der Waals surface area contributed by atoms with E-state index in [4.69, 9.17) is 5.73 Å². The van der Waals surface area contributed by atoms with Gasteiger partial charge in [-0.3, -0.25) is 9.59 Å². The molecule has 0 aliphatic carbocycles. The van der Waals surface area contributed by atoms with E-state index >= 15 is 0 Å². The molecule has 0 aliphatic rings. The monoisotopic (exact) mass is 404 g/mol. The molecule has 3 rings (SSSR count). The van der Waals surface area contributed by atoms with Crippen LogP contribution in [0.5, 0.6) is 0 Å². The van der Waals surface area contributed by atoms with Gasteiger partial charge in [-0.15, -0.1) is 0 Å². The molecule has 0 unspecified atom stereocenters. The van der Waals surface area contributed by atoms with E-state index in [0.29, 0.717) is 16.8 Å². The van der Waals surface area contributed by atoms with Crippen LogP contribution in [0.25, 0.3) is 11.1 Å². The van der Waals surface area contributed by atoms with Crippen molar-refractivity contribution in [1.29, 1.82) is 0 Å². The third-order valence-electron chi connectivity index (χ3n) is 4.38. The topological polar surface area (TPSA) is 147 Å². The summed E-state index contributed by atoms with van der Waals surface area (Å²) in [5, 5.41) is 21.3. The Labute approximate surface area is 170 Å². The molecule has 3 aromatic rings. The molecule has 0 radical (unpaired) electrons. The zero-order chi connectivity index (χ0) is 21.8. The Balaban J connectivity index is 2.07. The van der Waals surface area contributed by atoms with Gasteiger partial charge in [0.2, 0.25) is 5.91 Å². The van der Waals surface area contributed by atoms with Gasteiger partial charge in [0.1, 0.15) is 0 Å². The van der Waals surface area contributed by atoms with Gasteiger partial charge in [0, 0.05) is 5.69 Å². The Hall–Kier alpha value is -4.46. The Morgan fingerprint density at radius 1 is 0.667 bits per heavy atom. The second kappa shape index (κ2) is 8.27. The molecule has 8 heteroatoms. The lowest BCUT2D eigenvalue weighted by molar-refractivity contribution is 0.0683. The molecule has 0 heterocycles. The predicted octanol–water partition coefficient (Wildman–Crippen LogP) is 3.10. The molecule has 30 heavy (non-hydrogen) atoms. The van der Waals surface area contributed by atoms with Crippen LogP contribution in [-0.2, 0) is 0 Å². The molecule has 0 saturated heterocycles. The number of primary amides is 1. The number of benzene rings is 3. The van der Waals surface area contributed by atoms with E-state index in [1.54, 1.807) is 30.3 Å². The highest BCUT2D eigenvalue weighted by Crippen LogP contribution is 2.26. The first-order valence-electron chi connectivity index (χ1n) is 8.69. The van der Waals surface area contributed by atoms with E-state index in [0.717, 1.165) is 0 Å². The second-order valence-electron chi connectivity index (χ2n) is 6.32. The molecule has 0 bridgehead atoms. The summed E-state index contributed by atoms with van der Waals surface area (Å²) in [5.41, 5.74) is 5.85. The van der Waals surface area contributed by atoms with Gasteiger partial charge in [0.15, 0.2) is 0 Å². The number of carbonyl (C=O) groups excluding carboxylic acids is 2. The average molecular weight is 404 g/mol. The van der Waals surface area contributed by atoms with E-state index in [9.17, 15) is 29.4 Å². The van der Waals surface area contributed by atoms with Crippen molar-refractivity contribution in [1.82, 2.24) is 0 Å². The van der Waals surface area contributed by atoms with Gasteiger partial charge < -0.3 is 21.3 Å². The number of nitrogens with two attached hydrogens (primary N) is 1. The highest BCUT2D eigenvalue weighted by atomic mass is 16.4. The SMILES string of the molecule is NC(=O)c1cc(-c2ccc(C(=O)O)c(C(=O)Nc3ccccc3)c2)ccc1C(=O)O. The van der Waals surface area contributed by atoms with E-state index in [2.05, 4.69) is 5.32 Å². The smallest absolute Gasteiger partial charge is 0.336 e. The van der Waals surface area contributed by atoms with Crippen molar-refractivity contribution in [2.24, 2.45) is 5.73 Å². The van der Waals surface area contributed by atoms with Crippen molar-refractivity contribution < 1.29 is 29.4 Å². The van der Waals surface area contributed by atoms with Gasteiger partial charge in [-0.2, -0.15) is 0 Å². The van der Waals surface area contributed by atoms with Crippen LogP contribution in [0.4, 0.5) is 5.69 Å². The van der Waals surface area contributed by atoms with Gasteiger partial charge in [-0.25, -0.2) is 9.59 Å². The standard InChI is InChI=1S/C22H16N2O6/c23-19(25)17-10-12(6-8-15(17)21(27)28)13-7-9-16(22(29)30)18(11-13)20(26)24-14-4-2-1-3-5-14/h1-11H,(H2,23,25)(H,24,26)(H,27,28)(H,29,30). The molecular formula is C22H16N2O6. The molecule has 0 atom stereocenters. The van der Waals surface area contributed by atoms with Gasteiger partial charge in [0.05, 0.1) is 22.3 Å². The molecular weight excluding hydrogens is 388 g/mol. The Bertz CT molecular complexity index is 1170. The number of rotatable bonds is 6. The molecule has 150 valence electrons. The fraction of sp³-hybridized carbons (Fsp3) is 0. The van der Waals surface area contributed by atoms with Crippen molar-refractivity contribution in [3.8, 4) is 11.1 Å². The summed E-state index contributed by atoms with van der Waals surface area (Å²) in [5.74, 6) is -4.13. The highest BCUT2D eigenvalue weighted by molar-refractivity contribution is 6.11. The summed E-state index contributed by atoms with van der Waals surface area (Å²) in [6.07, 6.45) is 0. The minimum absolute atomic E-state index is 0.0909. The fourth-order valence-corrected chi connectivity index (χ4v) is 2.93. The van der Waals surface area contributed by atoms with Crippen LogP contribution in [0, 0.1) is 0 Å². The first-order valence-corrected chi connectivity index (χ1v) is 8.69. The number of carboxylic acid groups (broad SMARTS) is 2. The molecule has 8 nitrogen and oxygen atoms in total. The lowest BCUT2D eigenvalue weighted by Crippen LogP contribution is -2.17. The third kappa shape index (κ3) is 4.17. The van der Waals surface area contributed by atoms with Crippen molar-refractivity contribution in [3.05, 3.63) is 89.0 Å². The number of anilines is 1. The average Bonchev–Trinajstić information content (AvgIpc) is 2.73. The quantitative estimate of drug-likeness (QED) is 0.496. The lowest BCUT2D eigenvalue weighted by atomic mass is 9.95. The van der Waals surface area contributed by atoms with Gasteiger partial charge >= 0.3 is 11.9 Å². The summed E-state index contributed by atoms with van der Waals surface area (Å²) in [4.78, 5) is 47.2. The van der Waals surface area contributed by atoms with Crippen molar-refractivity contribution >= 4 is 29.4 Å². The minimum Gasteiger partial charge on any atom is -0.478 e. The van der Waals surface area contributed by atoms with Gasteiger partial charge in [-0.1, -0.05) is 30.3 Å². The Kier molecular flexibility index (Phi) is 5.59. The number of hydrogen-bond acceptors (Lipinski definition) is 4. The lowest BCUT2D eigenvalue weighted by Gasteiger charge is -2.11. The molecule has 5 N–H and O–H groups in total. The van der Waals surface area contributed by atoms with E-state index in [1.165, 1.54) is 36.4 Å². The van der Waals surface area contributed by atoms with Crippen LogP contribution in [0.2, 0.25) is 0 Å². The van der Waals surface area contributed by atoms with E-state index < -0.39 is 23.8 Å². The predicted molar refractivity (Wildman–Crippen MR) is 109 cm³/mol. The Morgan fingerprint density at radius 3 is 1.67 bits per heavy atom. The van der Waals surface area contributed by atoms with Gasteiger partial charge in [0.25, 0.3) is 5.91 Å². The summed E-state index contributed by atoms with van der Waals surface area (Å²) >= 11 is 0. The maximum Gasteiger partial charge on any atom is 0.336 e. The normalized spacial score (nSPS) is 10.3. The van der Waals surface area contributed by atoms with Crippen LogP contribution in [0.15, 0.2) is 66.7 Å². The minimum atomic E-state index is -1.31. The number of carboxylic acids is 2. The fourth-order valence-electron chi connectivity index (χ4n) is 2.93. The van der Waals surface area contributed by atoms with Crippen LogP contribution in [0.1, 0.15) is 41.4 Å². The van der Waals surface area contributed by atoms with E-state index in [-0.39, 0.29) is 22.3 Å². The van der Waals surface area contributed by atoms with Crippen molar-refractivity contribution in [2.45, 2.75) is 0 Å². The first kappa shape index (κ1) is 20.3. The largest absolute Gasteiger partial charge is 0.478 e. The zero-order valence-electron chi connectivity index (χ0n) is 15.5. The maximum absolute atomic E-state index is 12.7. The highest BCUT2D eigenvalue weighted by Gasteiger charge is 2.20. The van der Waals surface area contributed by atoms with Crippen LogP contribution >= 0.6 is 0 Å². The number of nitrogens with one attached hydrogen (secondary N) is 1. The first-order chi connectivity index (χ1) is 14.3. The number of aromatic carboxylic acids is 2. The number of amides is 2. The zero-order valence-corrected chi connectivity index (χ0v) is 15.5. The summed E-state index contributed by atoms with van der Waals surface area (Å²) in [7, 11) is 0. The third-order valence-corrected chi connectivity index (χ3v) is 4.38. The van der Waals surface area contributed by atoms with Gasteiger partial charge in [-0.05, 0) is 47.5 Å². The number of hydrogen-bond donors (Lipinski definition) is 4. The van der Waals surface area contributed by atoms with Crippen LogP contribution < -0.4 is 11.1 Å². The number of para-hydroxylation sites is 1. The molecule has 0 saturated carbocycles. The molecule has 3 aromatic carbocycles. The summed E-state index contributed by atoms with van der Waals surface area (Å²) in [6.45, 7) is 0. The van der Waals surface area contributed by atoms with Crippen molar-refractivity contribution in [2.75, 3.05) is 5.32 Å².